The number of aryl methyl sites for hydroxylation is 2. The third-order valence-electron chi connectivity index (χ3n) is 6.93. The molecule has 3 nitrogen and oxygen atoms in total. The molecule has 0 bridgehead atoms. The average molecular weight is 586 g/mol. The molecule has 0 N–H and O–H groups in total. The van der Waals surface area contributed by atoms with Crippen LogP contribution in [-0.2, 0) is 13.7 Å². The van der Waals surface area contributed by atoms with Gasteiger partial charge in [0.1, 0.15) is 0 Å². The highest BCUT2D eigenvalue weighted by atomic mass is 79.9. The van der Waals surface area contributed by atoms with Crippen molar-refractivity contribution in [1.29, 1.82) is 0 Å². The second kappa shape index (κ2) is 9.19. The number of benzene rings is 4. The monoisotopic (exact) mass is 584 g/mol. The van der Waals surface area contributed by atoms with Crippen molar-refractivity contribution in [2.24, 2.45) is 5.10 Å². The van der Waals surface area contributed by atoms with Crippen molar-refractivity contribution in [1.82, 2.24) is 0 Å². The summed E-state index contributed by atoms with van der Waals surface area (Å²) in [5, 5.41) is 7.50. The SMILES string of the molecule is CC(=O)C1=NN(c2ccc(Br)cc2)[C@@]2(S1)SC(c1ccc(C)cc1)(c1ccc(C)cc1)c1ccccc12. The Morgan fingerprint density at radius 1 is 0.784 bits per heavy atom. The van der Waals surface area contributed by atoms with Gasteiger partial charge in [-0.1, -0.05) is 123 Å². The predicted octanol–water partition coefficient (Wildman–Crippen LogP) is 8.37. The van der Waals surface area contributed by atoms with Gasteiger partial charge in [-0.05, 0) is 54.8 Å². The summed E-state index contributed by atoms with van der Waals surface area (Å²) in [5.74, 6) is -0.0229. The van der Waals surface area contributed by atoms with Crippen LogP contribution in [0.2, 0.25) is 0 Å². The highest BCUT2D eigenvalue weighted by Crippen LogP contribution is 2.70. The number of nitrogens with zero attached hydrogens (tertiary/aromatic N) is 2. The molecule has 6 rings (SSSR count). The lowest BCUT2D eigenvalue weighted by atomic mass is 9.81. The second-order valence-electron chi connectivity index (χ2n) is 9.49. The smallest absolute Gasteiger partial charge is 0.187 e. The van der Waals surface area contributed by atoms with Crippen LogP contribution < -0.4 is 5.01 Å². The van der Waals surface area contributed by atoms with Crippen molar-refractivity contribution in [3.8, 4) is 0 Å². The van der Waals surface area contributed by atoms with Crippen LogP contribution in [0, 0.1) is 13.8 Å². The molecule has 2 heterocycles. The highest BCUT2D eigenvalue weighted by molar-refractivity contribution is 9.10. The van der Waals surface area contributed by atoms with Crippen molar-refractivity contribution >= 4 is 56.0 Å². The lowest BCUT2D eigenvalue weighted by molar-refractivity contribution is -0.110. The molecule has 0 aliphatic carbocycles. The van der Waals surface area contributed by atoms with E-state index in [1.807, 2.05) is 23.9 Å². The van der Waals surface area contributed by atoms with Gasteiger partial charge in [0.15, 0.2) is 15.0 Å². The molecule has 0 aromatic heterocycles. The number of hydrazone groups is 1. The second-order valence-corrected chi connectivity index (χ2v) is 13.3. The fourth-order valence-corrected chi connectivity index (χ4v) is 8.92. The Kier molecular flexibility index (Phi) is 6.09. The Morgan fingerprint density at radius 2 is 1.32 bits per heavy atom. The van der Waals surface area contributed by atoms with E-state index < -0.39 is 8.95 Å². The lowest BCUT2D eigenvalue weighted by Crippen LogP contribution is -2.34. The molecule has 1 atom stereocenters. The largest absolute Gasteiger partial charge is 0.292 e. The van der Waals surface area contributed by atoms with E-state index in [2.05, 4.69) is 120 Å². The number of anilines is 1. The molecule has 0 fully saturated rings. The maximum Gasteiger partial charge on any atom is 0.187 e. The number of rotatable bonds is 4. The molecule has 4 aromatic carbocycles. The van der Waals surface area contributed by atoms with E-state index in [0.717, 1.165) is 15.7 Å². The first-order valence-corrected chi connectivity index (χ1v) is 14.5. The number of halogens is 1. The summed E-state index contributed by atoms with van der Waals surface area (Å²) in [5.41, 5.74) is 8.20. The number of carbonyl (C=O) groups is 1. The van der Waals surface area contributed by atoms with Crippen molar-refractivity contribution in [3.63, 3.8) is 0 Å². The third-order valence-corrected chi connectivity index (χ3v) is 10.9. The first-order chi connectivity index (χ1) is 17.8. The summed E-state index contributed by atoms with van der Waals surface area (Å²) in [6.45, 7) is 5.84. The topological polar surface area (TPSA) is 32.7 Å². The van der Waals surface area contributed by atoms with Gasteiger partial charge in [-0.3, -0.25) is 4.79 Å². The van der Waals surface area contributed by atoms with Crippen LogP contribution in [0.25, 0.3) is 0 Å². The molecule has 1 spiro atoms. The third kappa shape index (κ3) is 3.89. The standard InChI is InChI=1S/C31H25BrN2OS2/c1-20-8-12-23(13-9-20)30(24-14-10-21(2)11-15-24)27-6-4-5-7-28(27)31(37-30)34(33-29(36-31)22(3)35)26-18-16-25(32)17-19-26/h4-19H,1-3H3/t31-/m0/s1. The van der Waals surface area contributed by atoms with E-state index >= 15 is 0 Å². The number of ketones is 1. The normalized spacial score (nSPS) is 19.7. The lowest BCUT2D eigenvalue weighted by Gasteiger charge is -2.37. The Bertz CT molecular complexity index is 1490. The molecule has 2 aliphatic rings. The zero-order chi connectivity index (χ0) is 25.8. The average Bonchev–Trinajstić information content (AvgIpc) is 3.43. The minimum absolute atomic E-state index is 0.0229. The molecule has 2 aliphatic heterocycles. The molecule has 0 saturated heterocycles. The summed E-state index contributed by atoms with van der Waals surface area (Å²) in [6, 6.07) is 34.5. The molecule has 0 saturated carbocycles. The quantitative estimate of drug-likeness (QED) is 0.241. The molecule has 184 valence electrons. The first kappa shape index (κ1) is 24.5. The Balaban J connectivity index is 1.64. The molecule has 6 heteroatoms. The highest BCUT2D eigenvalue weighted by Gasteiger charge is 2.61. The maximum absolute atomic E-state index is 12.7. The van der Waals surface area contributed by atoms with E-state index in [1.54, 1.807) is 18.7 Å². The molecule has 37 heavy (non-hydrogen) atoms. The van der Waals surface area contributed by atoms with Gasteiger partial charge in [-0.2, -0.15) is 5.10 Å². The summed E-state index contributed by atoms with van der Waals surface area (Å²) in [7, 11) is 0. The van der Waals surface area contributed by atoms with E-state index in [0.29, 0.717) is 5.04 Å². The summed E-state index contributed by atoms with van der Waals surface area (Å²) in [6.07, 6.45) is 0. The zero-order valence-electron chi connectivity index (χ0n) is 20.7. The number of thioether (sulfide) groups is 2. The zero-order valence-corrected chi connectivity index (χ0v) is 24.0. The van der Waals surface area contributed by atoms with Gasteiger partial charge in [-0.15, -0.1) is 0 Å². The number of hydrogen-bond acceptors (Lipinski definition) is 5. The van der Waals surface area contributed by atoms with Gasteiger partial charge in [0, 0.05) is 17.0 Å². The Labute approximate surface area is 234 Å². The maximum atomic E-state index is 12.7. The van der Waals surface area contributed by atoms with E-state index in [-0.39, 0.29) is 5.78 Å². The molecule has 0 unspecified atom stereocenters. The first-order valence-electron chi connectivity index (χ1n) is 12.1. The van der Waals surface area contributed by atoms with Crippen LogP contribution >= 0.6 is 39.5 Å². The van der Waals surface area contributed by atoms with Crippen molar-refractivity contribution < 1.29 is 4.79 Å². The minimum Gasteiger partial charge on any atom is -0.292 e. The van der Waals surface area contributed by atoms with Crippen LogP contribution in [0.1, 0.15) is 40.3 Å². The molecule has 4 aromatic rings. The fourth-order valence-electron chi connectivity index (χ4n) is 5.09. The van der Waals surface area contributed by atoms with Crippen LogP contribution in [0.3, 0.4) is 0 Å². The molecule has 0 radical (unpaired) electrons. The molecule has 0 amide bonds. The van der Waals surface area contributed by atoms with Gasteiger partial charge in [-0.25, -0.2) is 5.01 Å². The summed E-state index contributed by atoms with van der Waals surface area (Å²) in [4.78, 5) is 12.7. The van der Waals surface area contributed by atoms with Gasteiger partial charge in [0.2, 0.25) is 0 Å². The van der Waals surface area contributed by atoms with Crippen molar-refractivity contribution in [2.45, 2.75) is 29.7 Å². The van der Waals surface area contributed by atoms with E-state index in [1.165, 1.54) is 27.8 Å². The van der Waals surface area contributed by atoms with Crippen molar-refractivity contribution in [3.05, 3.63) is 135 Å². The number of hydrogen-bond donors (Lipinski definition) is 0. The van der Waals surface area contributed by atoms with E-state index in [4.69, 9.17) is 5.10 Å². The van der Waals surface area contributed by atoms with Crippen LogP contribution in [0.5, 0.6) is 0 Å². The van der Waals surface area contributed by atoms with Crippen LogP contribution in [0.4, 0.5) is 5.69 Å². The fraction of sp³-hybridized carbons (Fsp3) is 0.161. The Morgan fingerprint density at radius 3 is 1.86 bits per heavy atom. The van der Waals surface area contributed by atoms with Crippen molar-refractivity contribution in [2.75, 3.05) is 5.01 Å². The summed E-state index contributed by atoms with van der Waals surface area (Å²) >= 11 is 6.97. The van der Waals surface area contributed by atoms with Gasteiger partial charge in [0.05, 0.1) is 10.4 Å². The van der Waals surface area contributed by atoms with Crippen LogP contribution in [-0.4, -0.2) is 10.8 Å². The number of fused-ring (bicyclic) bond motifs is 2. The Hall–Kier alpha value is -2.80. The number of Topliss-reactive ketones (excluding diaryl/α,β-unsaturated/α-hetero) is 1. The van der Waals surface area contributed by atoms with Gasteiger partial charge >= 0.3 is 0 Å². The molecular formula is C31H25BrN2OS2. The van der Waals surface area contributed by atoms with Crippen LogP contribution in [0.15, 0.2) is 107 Å². The summed E-state index contributed by atoms with van der Waals surface area (Å²) < 4.78 is -0.136. The predicted molar refractivity (Wildman–Crippen MR) is 160 cm³/mol. The molecular weight excluding hydrogens is 560 g/mol. The van der Waals surface area contributed by atoms with Gasteiger partial charge < -0.3 is 0 Å². The van der Waals surface area contributed by atoms with Gasteiger partial charge in [0.25, 0.3) is 0 Å². The van der Waals surface area contributed by atoms with E-state index in [9.17, 15) is 4.79 Å². The minimum atomic E-state index is -0.652. The number of carbonyl (C=O) groups excluding carboxylic acids is 1.